The Morgan fingerprint density at radius 1 is 1.24 bits per heavy atom. The molecule has 0 radical (unpaired) electrons. The van der Waals surface area contributed by atoms with Crippen LogP contribution in [0.5, 0.6) is 0 Å². The Hall–Kier alpha value is -3.41. The van der Waals surface area contributed by atoms with Crippen molar-refractivity contribution in [2.24, 2.45) is 4.99 Å². The summed E-state index contributed by atoms with van der Waals surface area (Å²) in [4.78, 5) is 42.3. The van der Waals surface area contributed by atoms with Gasteiger partial charge in [-0.05, 0) is 12.8 Å². The Labute approximate surface area is 169 Å². The van der Waals surface area contributed by atoms with Gasteiger partial charge in [-0.2, -0.15) is 0 Å². The summed E-state index contributed by atoms with van der Waals surface area (Å²) >= 11 is 5.82. The Morgan fingerprint density at radius 3 is 2.69 bits per heavy atom. The number of guanidine groups is 1. The first-order valence-corrected chi connectivity index (χ1v) is 9.15. The minimum absolute atomic E-state index is 0.0531. The van der Waals surface area contributed by atoms with Crippen LogP contribution in [0.4, 0.5) is 11.6 Å². The molecule has 4 heterocycles. The highest BCUT2D eigenvalue weighted by Gasteiger charge is 2.40. The Balaban J connectivity index is 1.35. The molecule has 0 unspecified atom stereocenters. The minimum Gasteiger partial charge on any atom is -0.438 e. The second kappa shape index (κ2) is 7.20. The minimum atomic E-state index is -0.599. The zero-order chi connectivity index (χ0) is 20.6. The fraction of sp³-hybridized carbons (Fsp3) is 0.375. The molecule has 2 amide bonds. The molecule has 2 aliphatic rings. The average Bonchev–Trinajstić information content (AvgIpc) is 3.36. The molecule has 0 aliphatic carbocycles. The first-order valence-electron chi connectivity index (χ1n) is 8.77. The number of carbonyl (C=O) groups is 2. The van der Waals surface area contributed by atoms with Gasteiger partial charge in [-0.3, -0.25) is 19.9 Å². The fourth-order valence-corrected chi connectivity index (χ4v) is 3.43. The molecule has 0 aromatic carbocycles. The molecule has 2 aromatic heterocycles. The number of oxazole rings is 1. The normalized spacial score (nSPS) is 17.7. The Morgan fingerprint density at radius 2 is 2.00 bits per heavy atom. The second-order valence-corrected chi connectivity index (χ2v) is 7.17. The van der Waals surface area contributed by atoms with Crippen molar-refractivity contribution >= 4 is 41.0 Å². The van der Waals surface area contributed by atoms with E-state index in [9.17, 15) is 9.59 Å². The lowest BCUT2D eigenvalue weighted by Gasteiger charge is -2.38. The number of aromatic nitrogens is 3. The van der Waals surface area contributed by atoms with Crippen LogP contribution in [0.15, 0.2) is 22.0 Å². The van der Waals surface area contributed by atoms with Gasteiger partial charge in [0.25, 0.3) is 11.8 Å². The van der Waals surface area contributed by atoms with Gasteiger partial charge < -0.3 is 26.1 Å². The Bertz CT molecular complexity index is 984. The van der Waals surface area contributed by atoms with Gasteiger partial charge in [0.15, 0.2) is 34.8 Å². The number of nitrogens with one attached hydrogen (secondary N) is 2. The van der Waals surface area contributed by atoms with Crippen molar-refractivity contribution in [3.8, 4) is 0 Å². The zero-order valence-corrected chi connectivity index (χ0v) is 15.9. The van der Waals surface area contributed by atoms with Crippen molar-refractivity contribution in [1.29, 1.82) is 0 Å². The number of rotatable bonds is 2. The van der Waals surface area contributed by atoms with Crippen LogP contribution in [0.1, 0.15) is 33.9 Å². The van der Waals surface area contributed by atoms with Crippen molar-refractivity contribution in [3.63, 3.8) is 0 Å². The molecule has 0 bridgehead atoms. The van der Waals surface area contributed by atoms with E-state index in [1.807, 2.05) is 0 Å². The first-order chi connectivity index (χ1) is 13.9. The predicted octanol–water partition coefficient (Wildman–Crippen LogP) is -0.354. The number of anilines is 2. The number of amides is 2. The summed E-state index contributed by atoms with van der Waals surface area (Å²) in [6, 6.07) is 0. The van der Waals surface area contributed by atoms with Crippen molar-refractivity contribution in [2.75, 3.05) is 31.1 Å². The summed E-state index contributed by atoms with van der Waals surface area (Å²) in [5.74, 6) is -0.457. The number of hydrogen-bond acceptors (Lipinski definition) is 10. The molecule has 4 rings (SSSR count). The topological polar surface area (TPSA) is 178 Å². The van der Waals surface area contributed by atoms with E-state index in [0.29, 0.717) is 38.4 Å². The molecule has 2 aromatic rings. The van der Waals surface area contributed by atoms with Crippen molar-refractivity contribution in [2.45, 2.75) is 18.4 Å². The van der Waals surface area contributed by atoms with E-state index in [2.05, 4.69) is 30.6 Å². The number of aliphatic imine (C=N–C) groups is 1. The van der Waals surface area contributed by atoms with E-state index in [0.717, 1.165) is 0 Å². The van der Waals surface area contributed by atoms with E-state index < -0.39 is 5.91 Å². The third-order valence-corrected chi connectivity index (χ3v) is 5.20. The van der Waals surface area contributed by atoms with Gasteiger partial charge in [-0.25, -0.2) is 15.0 Å². The zero-order valence-electron chi connectivity index (χ0n) is 15.2. The van der Waals surface area contributed by atoms with E-state index in [4.69, 9.17) is 27.5 Å². The molecule has 12 nitrogen and oxygen atoms in total. The lowest BCUT2D eigenvalue weighted by Crippen LogP contribution is -2.56. The first kappa shape index (κ1) is 18.9. The third kappa shape index (κ3) is 3.66. The van der Waals surface area contributed by atoms with E-state index in [-0.39, 0.29) is 39.7 Å². The molecule has 6 N–H and O–H groups in total. The lowest BCUT2D eigenvalue weighted by atomic mass is 9.88. The number of nitrogen functional groups attached to an aromatic ring is 2. The molecule has 0 atom stereocenters. The third-order valence-electron chi connectivity index (χ3n) is 4.93. The van der Waals surface area contributed by atoms with E-state index in [1.54, 1.807) is 4.90 Å². The highest BCUT2D eigenvalue weighted by molar-refractivity contribution is 6.31. The number of halogens is 1. The van der Waals surface area contributed by atoms with Crippen LogP contribution in [0.3, 0.4) is 0 Å². The second-order valence-electron chi connectivity index (χ2n) is 6.82. The monoisotopic (exact) mass is 419 g/mol. The van der Waals surface area contributed by atoms with Crippen molar-refractivity contribution in [1.82, 2.24) is 30.5 Å². The molecule has 152 valence electrons. The fourth-order valence-electron chi connectivity index (χ4n) is 3.30. The smallest absolute Gasteiger partial charge is 0.291 e. The van der Waals surface area contributed by atoms with Gasteiger partial charge in [0.05, 0.1) is 18.3 Å². The van der Waals surface area contributed by atoms with Gasteiger partial charge in [0, 0.05) is 13.1 Å². The Kier molecular flexibility index (Phi) is 4.70. The van der Waals surface area contributed by atoms with E-state index >= 15 is 0 Å². The van der Waals surface area contributed by atoms with Crippen molar-refractivity contribution in [3.05, 3.63) is 29.2 Å². The summed E-state index contributed by atoms with van der Waals surface area (Å²) < 4.78 is 5.07. The molecule has 1 saturated heterocycles. The van der Waals surface area contributed by atoms with Gasteiger partial charge in [0.1, 0.15) is 0 Å². The molecular weight excluding hydrogens is 402 g/mol. The van der Waals surface area contributed by atoms with Crippen LogP contribution in [-0.4, -0.2) is 62.8 Å². The maximum Gasteiger partial charge on any atom is 0.291 e. The van der Waals surface area contributed by atoms with Gasteiger partial charge in [-0.1, -0.05) is 11.6 Å². The van der Waals surface area contributed by atoms with Gasteiger partial charge in [0.2, 0.25) is 5.76 Å². The van der Waals surface area contributed by atoms with Crippen LogP contribution < -0.4 is 22.1 Å². The highest BCUT2D eigenvalue weighted by Crippen LogP contribution is 2.26. The number of likely N-dealkylation sites (tertiary alicyclic amines) is 1. The van der Waals surface area contributed by atoms with Crippen LogP contribution >= 0.6 is 11.6 Å². The summed E-state index contributed by atoms with van der Waals surface area (Å²) in [6.07, 6.45) is 3.94. The molecule has 0 saturated carbocycles. The summed E-state index contributed by atoms with van der Waals surface area (Å²) in [5, 5.41) is 5.76. The maximum absolute atomic E-state index is 12.4. The van der Waals surface area contributed by atoms with Crippen LogP contribution in [-0.2, 0) is 0 Å². The molecule has 29 heavy (non-hydrogen) atoms. The lowest BCUT2D eigenvalue weighted by molar-refractivity contribution is 0.0637. The van der Waals surface area contributed by atoms with Crippen LogP contribution in [0.25, 0.3) is 0 Å². The highest BCUT2D eigenvalue weighted by atomic mass is 35.5. The summed E-state index contributed by atoms with van der Waals surface area (Å²) in [5.41, 5.74) is 10.7. The quantitative estimate of drug-likeness (QED) is 0.506. The number of piperidine rings is 1. The molecule has 13 heteroatoms. The summed E-state index contributed by atoms with van der Waals surface area (Å²) in [6.45, 7) is 1.52. The predicted molar refractivity (Wildman–Crippen MR) is 103 cm³/mol. The average molecular weight is 420 g/mol. The number of nitrogens with zero attached hydrogens (tertiary/aromatic N) is 5. The molecule has 2 aliphatic heterocycles. The maximum atomic E-state index is 12.4. The van der Waals surface area contributed by atoms with Gasteiger partial charge >= 0.3 is 0 Å². The SMILES string of the molecule is Nc1nc(N)c(C(=O)NC2=NCC3(CCN(C(=O)c4cnco4)CC3)N2)nc1Cl. The molecule has 1 spiro atoms. The van der Waals surface area contributed by atoms with Crippen LogP contribution in [0.2, 0.25) is 5.15 Å². The number of nitrogens with two attached hydrogens (primary N) is 2. The number of carbonyl (C=O) groups excluding carboxylic acids is 2. The molecular formula is C16H18ClN9O3. The summed E-state index contributed by atoms with van der Waals surface area (Å²) in [7, 11) is 0. The van der Waals surface area contributed by atoms with Gasteiger partial charge in [-0.15, -0.1) is 0 Å². The van der Waals surface area contributed by atoms with Crippen molar-refractivity contribution < 1.29 is 14.0 Å². The largest absolute Gasteiger partial charge is 0.438 e. The van der Waals surface area contributed by atoms with Crippen LogP contribution in [0, 0.1) is 0 Å². The van der Waals surface area contributed by atoms with E-state index in [1.165, 1.54) is 12.6 Å². The standard InChI is InChI=1S/C16H18ClN9O3/c17-10-12(19)23-11(18)9(22-10)13(27)24-15-21-6-16(25-15)1-3-26(4-2-16)14(28)8-5-20-7-29-8/h5,7H,1-4,6H2,(H4,18,19,23)(H2,21,24,25,27). The number of hydrogen-bond donors (Lipinski definition) is 4. The molecule has 1 fully saturated rings.